The van der Waals surface area contributed by atoms with E-state index in [1.165, 1.54) is 0 Å². The van der Waals surface area contributed by atoms with E-state index in [0.717, 1.165) is 19.9 Å². The van der Waals surface area contributed by atoms with Gasteiger partial charge < -0.3 is 9.64 Å². The first kappa shape index (κ1) is 19.9. The monoisotopic (exact) mass is 353 g/mol. The van der Waals surface area contributed by atoms with Gasteiger partial charge in [0.15, 0.2) is 23.3 Å². The molecule has 0 atom stereocenters. The number of unbranched alkanes of at least 4 members (excludes halogenated alkanes) is 2. The van der Waals surface area contributed by atoms with Crippen LogP contribution in [-0.2, 0) is 9.53 Å². The van der Waals surface area contributed by atoms with Crippen LogP contribution in [0.25, 0.3) is 0 Å². The van der Waals surface area contributed by atoms with Gasteiger partial charge >= 0.3 is 5.97 Å². The van der Waals surface area contributed by atoms with Gasteiger partial charge in [0.1, 0.15) is 12.1 Å². The normalized spacial score (nSPS) is 10.6. The molecule has 0 N–H and O–H groups in total. The van der Waals surface area contributed by atoms with Crippen molar-refractivity contribution in [2.24, 2.45) is 0 Å². The van der Waals surface area contributed by atoms with Crippen molar-refractivity contribution in [3.8, 4) is 0 Å². The minimum Gasteiger partial charge on any atom is -0.464 e. The minimum absolute atomic E-state index is 0.108. The van der Waals surface area contributed by atoms with E-state index in [0.29, 0.717) is 11.3 Å². The Kier molecular flexibility index (Phi) is 7.12. The van der Waals surface area contributed by atoms with Crippen LogP contribution in [0.15, 0.2) is 0 Å². The van der Waals surface area contributed by atoms with Crippen molar-refractivity contribution in [1.29, 1.82) is 0 Å². The molecule has 0 unspecified atom stereocenters. The summed E-state index contributed by atoms with van der Waals surface area (Å²) in [7, 11) is 0.980. The van der Waals surface area contributed by atoms with Gasteiger partial charge in [-0.15, -0.1) is 0 Å². The number of amides is 1. The second-order valence-electron chi connectivity index (χ2n) is 5.03. The lowest BCUT2D eigenvalue weighted by atomic mass is 10.1. The molecule has 0 bridgehead atoms. The number of carbonyl (C=O) groups excluding carboxylic acids is 2. The summed E-state index contributed by atoms with van der Waals surface area (Å²) >= 11 is 0. The summed E-state index contributed by atoms with van der Waals surface area (Å²) in [5.41, 5.74) is -1.62. The van der Waals surface area contributed by atoms with Gasteiger partial charge in [0.2, 0.25) is 5.82 Å². The average molecular weight is 353 g/mol. The maximum Gasteiger partial charge on any atom is 0.325 e. The Labute approximate surface area is 135 Å². The summed E-state index contributed by atoms with van der Waals surface area (Å²) in [4.78, 5) is 23.9. The largest absolute Gasteiger partial charge is 0.464 e. The summed E-state index contributed by atoms with van der Waals surface area (Å²) < 4.78 is 71.1. The van der Waals surface area contributed by atoms with Gasteiger partial charge in [-0.25, -0.2) is 22.0 Å². The fourth-order valence-corrected chi connectivity index (χ4v) is 1.83. The predicted molar refractivity (Wildman–Crippen MR) is 73.7 cm³/mol. The van der Waals surface area contributed by atoms with Gasteiger partial charge in [0, 0.05) is 7.05 Å². The molecule has 1 rings (SSSR count). The van der Waals surface area contributed by atoms with Gasteiger partial charge in [0.25, 0.3) is 5.91 Å². The first-order valence-corrected chi connectivity index (χ1v) is 7.14. The lowest BCUT2D eigenvalue weighted by Gasteiger charge is -2.17. The third kappa shape index (κ3) is 4.42. The zero-order valence-electron chi connectivity index (χ0n) is 13.1. The van der Waals surface area contributed by atoms with E-state index >= 15 is 0 Å². The molecule has 1 aromatic rings. The van der Waals surface area contributed by atoms with E-state index in [2.05, 4.69) is 0 Å². The maximum atomic E-state index is 13.6. The zero-order valence-corrected chi connectivity index (χ0v) is 13.1. The Morgan fingerprint density at radius 2 is 1.42 bits per heavy atom. The van der Waals surface area contributed by atoms with Gasteiger partial charge in [-0.05, 0) is 6.42 Å². The second kappa shape index (κ2) is 8.60. The topological polar surface area (TPSA) is 46.6 Å². The predicted octanol–water partition coefficient (Wildman–Crippen LogP) is 3.19. The molecule has 0 aliphatic rings. The molecule has 0 saturated heterocycles. The van der Waals surface area contributed by atoms with Crippen LogP contribution in [0.4, 0.5) is 22.0 Å². The van der Waals surface area contributed by atoms with Crippen LogP contribution in [-0.4, -0.2) is 37.0 Å². The van der Waals surface area contributed by atoms with Crippen molar-refractivity contribution in [1.82, 2.24) is 4.90 Å². The Balaban J connectivity index is 2.85. The molecule has 0 aliphatic heterocycles. The first-order valence-electron chi connectivity index (χ1n) is 7.14. The van der Waals surface area contributed by atoms with E-state index in [1.807, 2.05) is 6.92 Å². The molecule has 134 valence electrons. The number of benzene rings is 1. The van der Waals surface area contributed by atoms with Crippen molar-refractivity contribution in [3.63, 3.8) is 0 Å². The SMILES string of the molecule is CCCCCOC(=O)CN(C)C(=O)c1c(F)c(F)c(F)c(F)c1F. The van der Waals surface area contributed by atoms with Crippen LogP contribution in [0.2, 0.25) is 0 Å². The maximum absolute atomic E-state index is 13.6. The molecule has 1 amide bonds. The Morgan fingerprint density at radius 3 is 1.92 bits per heavy atom. The fraction of sp³-hybridized carbons (Fsp3) is 0.467. The summed E-state index contributed by atoms with van der Waals surface area (Å²) in [6, 6.07) is 0. The number of rotatable bonds is 7. The van der Waals surface area contributed by atoms with Gasteiger partial charge in [0.05, 0.1) is 6.61 Å². The van der Waals surface area contributed by atoms with Crippen LogP contribution in [0, 0.1) is 29.1 Å². The van der Waals surface area contributed by atoms with E-state index in [9.17, 15) is 31.5 Å². The van der Waals surface area contributed by atoms with Crippen LogP contribution >= 0.6 is 0 Å². The number of halogens is 5. The van der Waals surface area contributed by atoms with Crippen molar-refractivity contribution >= 4 is 11.9 Å². The van der Waals surface area contributed by atoms with E-state index in [-0.39, 0.29) is 6.61 Å². The molecule has 0 radical (unpaired) electrons. The van der Waals surface area contributed by atoms with E-state index in [1.54, 1.807) is 0 Å². The summed E-state index contributed by atoms with van der Waals surface area (Å²) in [5.74, 6) is -13.7. The van der Waals surface area contributed by atoms with Crippen LogP contribution in [0.5, 0.6) is 0 Å². The Hall–Kier alpha value is -2.19. The number of esters is 1. The molecule has 0 aromatic heterocycles. The smallest absolute Gasteiger partial charge is 0.325 e. The molecule has 0 saturated carbocycles. The van der Waals surface area contributed by atoms with Gasteiger partial charge in [-0.1, -0.05) is 19.8 Å². The summed E-state index contributed by atoms with van der Waals surface area (Å²) in [5, 5.41) is 0. The lowest BCUT2D eigenvalue weighted by Crippen LogP contribution is -2.34. The van der Waals surface area contributed by atoms with Crippen LogP contribution < -0.4 is 0 Å². The fourth-order valence-electron chi connectivity index (χ4n) is 1.83. The van der Waals surface area contributed by atoms with E-state index < -0.39 is 53.1 Å². The Bertz CT molecular complexity index is 607. The third-order valence-electron chi connectivity index (χ3n) is 3.15. The number of hydrogen-bond donors (Lipinski definition) is 0. The van der Waals surface area contributed by atoms with Crippen molar-refractivity contribution in [2.45, 2.75) is 26.2 Å². The standard InChI is InChI=1S/C15H16F5NO3/c1-3-4-5-6-24-8(22)7-21(2)15(23)9-10(16)12(18)14(20)13(19)11(9)17/h3-7H2,1-2H3. The number of ether oxygens (including phenoxy) is 1. The first-order chi connectivity index (χ1) is 11.2. The van der Waals surface area contributed by atoms with Crippen molar-refractivity contribution in [2.75, 3.05) is 20.2 Å². The van der Waals surface area contributed by atoms with Crippen molar-refractivity contribution < 1.29 is 36.3 Å². The molecular weight excluding hydrogens is 337 g/mol. The molecule has 1 aromatic carbocycles. The number of likely N-dealkylation sites (N-methyl/N-ethyl adjacent to an activating group) is 1. The highest BCUT2D eigenvalue weighted by molar-refractivity contribution is 5.96. The third-order valence-corrected chi connectivity index (χ3v) is 3.15. The number of nitrogens with zero attached hydrogens (tertiary/aromatic N) is 1. The molecule has 0 heterocycles. The average Bonchev–Trinajstić information content (AvgIpc) is 2.55. The summed E-state index contributed by atoms with van der Waals surface area (Å²) in [6.07, 6.45) is 2.33. The molecule has 0 aliphatic carbocycles. The Morgan fingerprint density at radius 1 is 0.917 bits per heavy atom. The van der Waals surface area contributed by atoms with Crippen molar-refractivity contribution in [3.05, 3.63) is 34.6 Å². The highest BCUT2D eigenvalue weighted by Gasteiger charge is 2.31. The molecule has 0 fully saturated rings. The highest BCUT2D eigenvalue weighted by atomic mass is 19.2. The van der Waals surface area contributed by atoms with E-state index in [4.69, 9.17) is 4.74 Å². The van der Waals surface area contributed by atoms with Crippen LogP contribution in [0.1, 0.15) is 36.5 Å². The molecular formula is C15H16F5NO3. The highest BCUT2D eigenvalue weighted by Crippen LogP contribution is 2.23. The molecule has 9 heteroatoms. The van der Waals surface area contributed by atoms with Gasteiger partial charge in [-0.3, -0.25) is 9.59 Å². The summed E-state index contributed by atoms with van der Waals surface area (Å²) in [6.45, 7) is 1.36. The quantitative estimate of drug-likeness (QED) is 0.249. The molecule has 4 nitrogen and oxygen atoms in total. The van der Waals surface area contributed by atoms with Gasteiger partial charge in [-0.2, -0.15) is 0 Å². The van der Waals surface area contributed by atoms with Crippen LogP contribution in [0.3, 0.4) is 0 Å². The number of hydrogen-bond acceptors (Lipinski definition) is 3. The number of carbonyl (C=O) groups is 2. The zero-order chi connectivity index (χ0) is 18.4. The molecule has 24 heavy (non-hydrogen) atoms. The lowest BCUT2D eigenvalue weighted by molar-refractivity contribution is -0.144. The molecule has 0 spiro atoms. The second-order valence-corrected chi connectivity index (χ2v) is 5.03. The minimum atomic E-state index is -2.36.